The maximum Gasteiger partial charge on any atom is 0.218 e. The molecule has 0 amide bonds. The fourth-order valence-electron chi connectivity index (χ4n) is 2.69. The number of aryl methyl sites for hydroxylation is 1. The highest BCUT2D eigenvalue weighted by atomic mass is 32.2. The van der Waals surface area contributed by atoms with Gasteiger partial charge < -0.3 is 4.42 Å². The third-order valence-corrected chi connectivity index (χ3v) is 6.66. The van der Waals surface area contributed by atoms with Crippen LogP contribution >= 0.6 is 11.3 Å². The van der Waals surface area contributed by atoms with Crippen molar-refractivity contribution >= 4 is 21.4 Å². The van der Waals surface area contributed by atoms with Crippen LogP contribution in [0.4, 0.5) is 0 Å². The van der Waals surface area contributed by atoms with Gasteiger partial charge in [0.05, 0.1) is 18.6 Å². The van der Waals surface area contributed by atoms with Gasteiger partial charge in [-0.2, -0.15) is 4.31 Å². The zero-order valence-electron chi connectivity index (χ0n) is 14.1. The van der Waals surface area contributed by atoms with Gasteiger partial charge >= 0.3 is 0 Å². The lowest BCUT2D eigenvalue weighted by Crippen LogP contribution is -2.33. The fraction of sp³-hybridized carbons (Fsp3) is 0.263. The summed E-state index contributed by atoms with van der Waals surface area (Å²) in [5.74, 6) is 0.652. The van der Waals surface area contributed by atoms with Gasteiger partial charge in [0.25, 0.3) is 0 Å². The second kappa shape index (κ2) is 7.99. The summed E-state index contributed by atoms with van der Waals surface area (Å²) < 4.78 is 32.9. The van der Waals surface area contributed by atoms with Gasteiger partial charge in [-0.15, -0.1) is 11.3 Å². The molecule has 0 fully saturated rings. The topological polar surface area (TPSA) is 50.5 Å². The molecule has 2 aromatic heterocycles. The van der Waals surface area contributed by atoms with Crippen LogP contribution in [0.1, 0.15) is 21.8 Å². The van der Waals surface area contributed by atoms with Crippen molar-refractivity contribution in [1.82, 2.24) is 4.31 Å². The van der Waals surface area contributed by atoms with Crippen molar-refractivity contribution < 1.29 is 12.8 Å². The Kier molecular flexibility index (Phi) is 5.73. The van der Waals surface area contributed by atoms with Gasteiger partial charge in [0.1, 0.15) is 5.76 Å². The molecule has 25 heavy (non-hydrogen) atoms. The molecule has 0 bridgehead atoms. The van der Waals surface area contributed by atoms with Crippen LogP contribution in [0, 0.1) is 6.92 Å². The smallest absolute Gasteiger partial charge is 0.218 e. The van der Waals surface area contributed by atoms with Crippen molar-refractivity contribution in [2.45, 2.75) is 25.6 Å². The molecule has 3 rings (SSSR count). The van der Waals surface area contributed by atoms with E-state index in [-0.39, 0.29) is 12.3 Å². The van der Waals surface area contributed by atoms with E-state index in [1.807, 2.05) is 48.7 Å². The first-order valence-corrected chi connectivity index (χ1v) is 10.6. The molecule has 0 aliphatic carbocycles. The molecule has 1 aromatic carbocycles. The van der Waals surface area contributed by atoms with Gasteiger partial charge in [-0.05, 0) is 42.5 Å². The van der Waals surface area contributed by atoms with Crippen molar-refractivity contribution in [1.29, 1.82) is 0 Å². The molecule has 0 atom stereocenters. The molecule has 0 saturated carbocycles. The van der Waals surface area contributed by atoms with E-state index in [0.29, 0.717) is 18.7 Å². The molecule has 0 radical (unpaired) electrons. The SMILES string of the molecule is Cc1cccc(CS(=O)(=O)N(CCc2cccs2)Cc2ccco2)c1. The minimum absolute atomic E-state index is 0.000170. The van der Waals surface area contributed by atoms with Crippen LogP contribution < -0.4 is 0 Å². The highest BCUT2D eigenvalue weighted by Gasteiger charge is 2.24. The van der Waals surface area contributed by atoms with Gasteiger partial charge in [-0.1, -0.05) is 35.9 Å². The Morgan fingerprint density at radius 1 is 1.12 bits per heavy atom. The quantitative estimate of drug-likeness (QED) is 0.592. The van der Waals surface area contributed by atoms with Crippen molar-refractivity contribution in [3.63, 3.8) is 0 Å². The Labute approximate surface area is 152 Å². The summed E-state index contributed by atoms with van der Waals surface area (Å²) in [7, 11) is -3.44. The van der Waals surface area contributed by atoms with Crippen LogP contribution in [0.25, 0.3) is 0 Å². The maximum absolute atomic E-state index is 13.0. The summed E-state index contributed by atoms with van der Waals surface area (Å²) in [6.45, 7) is 2.66. The lowest BCUT2D eigenvalue weighted by Gasteiger charge is -2.21. The molecule has 0 unspecified atom stereocenters. The van der Waals surface area contributed by atoms with E-state index < -0.39 is 10.0 Å². The van der Waals surface area contributed by atoms with E-state index >= 15 is 0 Å². The van der Waals surface area contributed by atoms with Crippen molar-refractivity contribution in [3.8, 4) is 0 Å². The van der Waals surface area contributed by atoms with E-state index in [1.54, 1.807) is 29.7 Å². The summed E-state index contributed by atoms with van der Waals surface area (Å²) in [6, 6.07) is 15.2. The molecule has 0 aliphatic heterocycles. The number of furan rings is 1. The molecule has 4 nitrogen and oxygen atoms in total. The van der Waals surface area contributed by atoms with Crippen LogP contribution in [0.15, 0.2) is 64.6 Å². The summed E-state index contributed by atoms with van der Waals surface area (Å²) in [4.78, 5) is 1.18. The number of nitrogens with zero attached hydrogens (tertiary/aromatic N) is 1. The number of sulfonamides is 1. The van der Waals surface area contributed by atoms with Crippen LogP contribution in [0.2, 0.25) is 0 Å². The van der Waals surface area contributed by atoms with Crippen molar-refractivity contribution in [3.05, 3.63) is 81.9 Å². The third-order valence-electron chi connectivity index (χ3n) is 3.92. The molecule has 3 aromatic rings. The lowest BCUT2D eigenvalue weighted by molar-refractivity contribution is 0.366. The zero-order valence-corrected chi connectivity index (χ0v) is 15.7. The van der Waals surface area contributed by atoms with Crippen LogP contribution in [-0.4, -0.2) is 19.3 Å². The third kappa shape index (κ3) is 5.04. The van der Waals surface area contributed by atoms with E-state index in [1.165, 1.54) is 9.18 Å². The second-order valence-corrected chi connectivity index (χ2v) is 8.99. The van der Waals surface area contributed by atoms with Gasteiger partial charge in [-0.3, -0.25) is 0 Å². The van der Waals surface area contributed by atoms with Crippen LogP contribution in [0.3, 0.4) is 0 Å². The molecular weight excluding hydrogens is 354 g/mol. The predicted octanol–water partition coefficient (Wildman–Crippen LogP) is 4.22. The van der Waals surface area contributed by atoms with Gasteiger partial charge in [-0.25, -0.2) is 8.42 Å². The maximum atomic E-state index is 13.0. The van der Waals surface area contributed by atoms with Crippen LogP contribution in [0.5, 0.6) is 0 Å². The van der Waals surface area contributed by atoms with Crippen LogP contribution in [-0.2, 0) is 28.7 Å². The number of rotatable bonds is 8. The number of hydrogen-bond donors (Lipinski definition) is 0. The largest absolute Gasteiger partial charge is 0.468 e. The van der Waals surface area contributed by atoms with E-state index in [9.17, 15) is 8.42 Å². The van der Waals surface area contributed by atoms with E-state index in [4.69, 9.17) is 4.42 Å². The number of benzene rings is 1. The monoisotopic (exact) mass is 375 g/mol. The lowest BCUT2D eigenvalue weighted by atomic mass is 10.2. The highest BCUT2D eigenvalue weighted by molar-refractivity contribution is 7.88. The van der Waals surface area contributed by atoms with E-state index in [0.717, 1.165) is 11.1 Å². The first-order chi connectivity index (χ1) is 12.0. The minimum atomic E-state index is -3.44. The Hall–Kier alpha value is -1.89. The number of thiophene rings is 1. The molecule has 0 N–H and O–H groups in total. The molecule has 6 heteroatoms. The van der Waals surface area contributed by atoms with Gasteiger partial charge in [0.2, 0.25) is 10.0 Å². The predicted molar refractivity (Wildman–Crippen MR) is 101 cm³/mol. The Morgan fingerprint density at radius 2 is 2.00 bits per heavy atom. The summed E-state index contributed by atoms with van der Waals surface area (Å²) in [5, 5.41) is 2.01. The summed E-state index contributed by atoms with van der Waals surface area (Å²) in [5.41, 5.74) is 1.87. The zero-order chi connectivity index (χ0) is 17.7. The molecule has 132 valence electrons. The average molecular weight is 376 g/mol. The molecule has 0 saturated heterocycles. The molecule has 0 aliphatic rings. The Morgan fingerprint density at radius 3 is 2.68 bits per heavy atom. The van der Waals surface area contributed by atoms with Crippen molar-refractivity contribution in [2.75, 3.05) is 6.54 Å². The molecular formula is C19H21NO3S2. The minimum Gasteiger partial charge on any atom is -0.468 e. The number of hydrogen-bond acceptors (Lipinski definition) is 4. The average Bonchev–Trinajstić information content (AvgIpc) is 3.24. The first-order valence-electron chi connectivity index (χ1n) is 8.11. The van der Waals surface area contributed by atoms with Gasteiger partial charge in [0.15, 0.2) is 0 Å². The normalized spacial score (nSPS) is 11.9. The Bertz CT molecular complexity index is 885. The molecule has 2 heterocycles. The highest BCUT2D eigenvalue weighted by Crippen LogP contribution is 2.18. The standard InChI is InChI=1S/C19H21NO3S2/c1-16-5-2-6-17(13-16)15-25(21,22)20(14-18-7-3-11-23-18)10-9-19-8-4-12-24-19/h2-8,11-13H,9-10,14-15H2,1H3. The molecule has 0 spiro atoms. The van der Waals surface area contributed by atoms with E-state index in [2.05, 4.69) is 0 Å². The summed E-state index contributed by atoms with van der Waals surface area (Å²) >= 11 is 1.64. The Balaban J connectivity index is 1.78. The van der Waals surface area contributed by atoms with Crippen molar-refractivity contribution in [2.24, 2.45) is 0 Å². The fourth-order valence-corrected chi connectivity index (χ4v) is 4.86. The first kappa shape index (κ1) is 17.9. The summed E-state index contributed by atoms with van der Waals surface area (Å²) in [6.07, 6.45) is 2.27. The van der Waals surface area contributed by atoms with Gasteiger partial charge in [0, 0.05) is 11.4 Å². The second-order valence-electron chi connectivity index (χ2n) is 5.99.